The van der Waals surface area contributed by atoms with Gasteiger partial charge in [-0.25, -0.2) is 0 Å². The third-order valence-electron chi connectivity index (χ3n) is 9.83. The normalized spacial score (nSPS) is 22.9. The van der Waals surface area contributed by atoms with Gasteiger partial charge >= 0.3 is 11.9 Å². The van der Waals surface area contributed by atoms with Gasteiger partial charge in [0.05, 0.1) is 6.61 Å². The molecule has 0 amide bonds. The van der Waals surface area contributed by atoms with Crippen LogP contribution in [0.15, 0.2) is 60.8 Å². The predicted molar refractivity (Wildman–Crippen MR) is 228 cm³/mol. The molecule has 0 aromatic rings. The van der Waals surface area contributed by atoms with E-state index in [1.807, 2.05) is 0 Å². The SMILES string of the molecule is CC/C=C\C/C=C\C/C=C\CCCCCCCC(=O)O[C@H](COC(=O)CCCCCCC/C=C\C/C=C\CCCCC)COP(=O)([O-])OC1[C@H](O)[C@H](O)C(O)[C@H](O)[C@H]1O. The van der Waals surface area contributed by atoms with Crippen molar-refractivity contribution in [3.8, 4) is 0 Å². The Morgan fingerprint density at radius 1 is 0.559 bits per heavy atom. The van der Waals surface area contributed by atoms with Gasteiger partial charge in [-0.1, -0.05) is 126 Å². The monoisotopic (exact) mass is 856 g/mol. The first-order valence-electron chi connectivity index (χ1n) is 22.1. The van der Waals surface area contributed by atoms with Crippen LogP contribution in [0.2, 0.25) is 0 Å². The molecule has 1 saturated carbocycles. The number of hydrogen-bond donors (Lipinski definition) is 5. The van der Waals surface area contributed by atoms with Gasteiger partial charge in [0.15, 0.2) is 6.10 Å². The number of esters is 2. The van der Waals surface area contributed by atoms with Crippen LogP contribution in [0.5, 0.6) is 0 Å². The van der Waals surface area contributed by atoms with Crippen molar-refractivity contribution >= 4 is 19.8 Å². The summed E-state index contributed by atoms with van der Waals surface area (Å²) < 4.78 is 33.1. The average molecular weight is 856 g/mol. The second-order valence-corrected chi connectivity index (χ2v) is 16.5. The van der Waals surface area contributed by atoms with E-state index in [9.17, 15) is 44.6 Å². The highest BCUT2D eigenvalue weighted by molar-refractivity contribution is 7.45. The maximum atomic E-state index is 12.7. The van der Waals surface area contributed by atoms with Gasteiger partial charge in [-0.3, -0.25) is 14.2 Å². The highest BCUT2D eigenvalue weighted by atomic mass is 31.2. The Kier molecular flexibility index (Phi) is 32.5. The number of unbranched alkanes of at least 4 members (excludes halogenated alkanes) is 13. The lowest BCUT2D eigenvalue weighted by molar-refractivity contribution is -0.261. The molecule has 8 atom stereocenters. The molecule has 0 spiro atoms. The Morgan fingerprint density at radius 2 is 0.983 bits per heavy atom. The number of phosphoric acid groups is 1. The first-order chi connectivity index (χ1) is 28.4. The molecule has 3 unspecified atom stereocenters. The molecule has 13 nitrogen and oxygen atoms in total. The van der Waals surface area contributed by atoms with Gasteiger partial charge in [-0.2, -0.15) is 0 Å². The van der Waals surface area contributed by atoms with Crippen LogP contribution in [0.1, 0.15) is 155 Å². The zero-order chi connectivity index (χ0) is 43.6. The third-order valence-corrected chi connectivity index (χ3v) is 10.8. The summed E-state index contributed by atoms with van der Waals surface area (Å²) in [5.41, 5.74) is 0. The third kappa shape index (κ3) is 27.9. The predicted octanol–water partition coefficient (Wildman–Crippen LogP) is 7.53. The Bertz CT molecular complexity index is 1270. The molecule has 5 N–H and O–H groups in total. The summed E-state index contributed by atoms with van der Waals surface area (Å²) in [6, 6.07) is 0. The second-order valence-electron chi connectivity index (χ2n) is 15.1. The van der Waals surface area contributed by atoms with E-state index >= 15 is 0 Å². The van der Waals surface area contributed by atoms with Crippen molar-refractivity contribution in [1.82, 2.24) is 0 Å². The minimum absolute atomic E-state index is 0.0557. The fourth-order valence-electron chi connectivity index (χ4n) is 6.26. The lowest BCUT2D eigenvalue weighted by Gasteiger charge is -2.43. The van der Waals surface area contributed by atoms with Crippen LogP contribution in [0.3, 0.4) is 0 Å². The van der Waals surface area contributed by atoms with Crippen molar-refractivity contribution < 1.29 is 63.1 Å². The van der Waals surface area contributed by atoms with Crippen LogP contribution in [0, 0.1) is 0 Å². The Morgan fingerprint density at radius 3 is 1.49 bits per heavy atom. The molecule has 0 heterocycles. The highest BCUT2D eigenvalue weighted by Gasteiger charge is 2.50. The molecule has 0 aromatic heterocycles. The fraction of sp³-hybridized carbons (Fsp3) is 0.733. The molecule has 1 aliphatic rings. The van der Waals surface area contributed by atoms with Crippen molar-refractivity contribution in [3.63, 3.8) is 0 Å². The molecule has 59 heavy (non-hydrogen) atoms. The number of hydrogen-bond acceptors (Lipinski definition) is 13. The molecule has 1 rings (SSSR count). The van der Waals surface area contributed by atoms with Gasteiger partial charge in [0.1, 0.15) is 43.2 Å². The standard InChI is InChI=1S/C45H77O13P/c1-3-5-7-9-11-13-15-17-19-21-23-25-27-29-31-33-38(46)55-35-37(36-56-59(53,54)58-45-43(51)41(49)40(48)42(50)44(45)52)57-39(47)34-32-30-28-26-24-22-20-18-16-14-12-10-8-6-4-2/h6,8,11-14,17-20,37,40-45,48-52H,3-5,7,9-10,15-16,21-36H2,1-2H3,(H,53,54)/p-1/b8-6-,13-11-,14-12-,19-17-,20-18-/t37-,40?,41-,42+,43-,44-,45?/m1/s1. The summed E-state index contributed by atoms with van der Waals surface area (Å²) in [7, 11) is -5.38. The zero-order valence-electron chi connectivity index (χ0n) is 35.7. The van der Waals surface area contributed by atoms with Crippen LogP contribution < -0.4 is 4.89 Å². The van der Waals surface area contributed by atoms with Crippen molar-refractivity contribution in [1.29, 1.82) is 0 Å². The number of aliphatic hydroxyl groups is 5. The molecule has 340 valence electrons. The number of allylic oxidation sites excluding steroid dienone is 10. The van der Waals surface area contributed by atoms with Crippen LogP contribution in [0.4, 0.5) is 0 Å². The number of phosphoric ester groups is 1. The van der Waals surface area contributed by atoms with Crippen molar-refractivity contribution in [2.75, 3.05) is 13.2 Å². The fourth-order valence-corrected chi connectivity index (χ4v) is 7.22. The minimum atomic E-state index is -5.38. The molecule has 1 aliphatic carbocycles. The highest BCUT2D eigenvalue weighted by Crippen LogP contribution is 2.43. The summed E-state index contributed by atoms with van der Waals surface area (Å²) in [5.74, 6) is -1.18. The summed E-state index contributed by atoms with van der Waals surface area (Å²) in [6.07, 6.45) is 28.0. The van der Waals surface area contributed by atoms with Gasteiger partial charge in [0, 0.05) is 12.8 Å². The summed E-state index contributed by atoms with van der Waals surface area (Å²) in [4.78, 5) is 37.9. The topological polar surface area (TPSA) is 212 Å². The van der Waals surface area contributed by atoms with Crippen LogP contribution in [0.25, 0.3) is 0 Å². The van der Waals surface area contributed by atoms with Crippen molar-refractivity contribution in [2.45, 2.75) is 198 Å². The second kappa shape index (κ2) is 35.2. The van der Waals surface area contributed by atoms with Crippen molar-refractivity contribution in [3.05, 3.63) is 60.8 Å². The van der Waals surface area contributed by atoms with E-state index in [4.69, 9.17) is 18.5 Å². The number of carbonyl (C=O) groups excluding carboxylic acids is 2. The molecule has 0 aromatic carbocycles. The van der Waals surface area contributed by atoms with E-state index < -0.39 is 75.7 Å². The first-order valence-corrected chi connectivity index (χ1v) is 23.5. The number of ether oxygens (including phenoxy) is 2. The smallest absolute Gasteiger partial charge is 0.306 e. The average Bonchev–Trinajstić information content (AvgIpc) is 3.21. The summed E-state index contributed by atoms with van der Waals surface area (Å²) in [5, 5.41) is 50.0. The van der Waals surface area contributed by atoms with Crippen LogP contribution in [-0.2, 0) is 32.7 Å². The quantitative estimate of drug-likeness (QED) is 0.0181. The van der Waals surface area contributed by atoms with E-state index in [-0.39, 0.29) is 12.8 Å². The van der Waals surface area contributed by atoms with Gasteiger partial charge in [-0.15, -0.1) is 0 Å². The van der Waals surface area contributed by atoms with E-state index in [2.05, 4.69) is 74.6 Å². The molecule has 14 heteroatoms. The molecule has 0 saturated heterocycles. The van der Waals surface area contributed by atoms with E-state index in [1.54, 1.807) is 0 Å². The van der Waals surface area contributed by atoms with E-state index in [0.29, 0.717) is 12.8 Å². The van der Waals surface area contributed by atoms with Crippen LogP contribution >= 0.6 is 7.82 Å². The molecule has 0 bridgehead atoms. The molecule has 0 aliphatic heterocycles. The Hall–Kier alpha value is -2.45. The maximum absolute atomic E-state index is 12.7. The number of carbonyl (C=O) groups is 2. The number of rotatable bonds is 35. The Balaban J connectivity index is 2.51. The van der Waals surface area contributed by atoms with E-state index in [1.165, 1.54) is 19.3 Å². The molecular formula is C45H76O13P-. The molecule has 0 radical (unpaired) electrons. The zero-order valence-corrected chi connectivity index (χ0v) is 36.6. The minimum Gasteiger partial charge on any atom is -0.756 e. The van der Waals surface area contributed by atoms with Crippen molar-refractivity contribution in [2.24, 2.45) is 0 Å². The summed E-state index contributed by atoms with van der Waals surface area (Å²) in [6.45, 7) is 3.02. The van der Waals surface area contributed by atoms with Gasteiger partial charge in [-0.05, 0) is 77.0 Å². The summed E-state index contributed by atoms with van der Waals surface area (Å²) >= 11 is 0. The maximum Gasteiger partial charge on any atom is 0.306 e. The van der Waals surface area contributed by atoms with Gasteiger partial charge < -0.3 is 48.9 Å². The van der Waals surface area contributed by atoms with Gasteiger partial charge in [0.25, 0.3) is 7.82 Å². The largest absolute Gasteiger partial charge is 0.756 e. The van der Waals surface area contributed by atoms with Gasteiger partial charge in [0.2, 0.25) is 0 Å². The van der Waals surface area contributed by atoms with E-state index in [0.717, 1.165) is 96.3 Å². The molecule has 1 fully saturated rings. The first kappa shape index (κ1) is 54.6. The Labute approximate surface area is 353 Å². The lowest BCUT2D eigenvalue weighted by atomic mass is 9.85. The number of aliphatic hydroxyl groups excluding tert-OH is 5. The lowest BCUT2D eigenvalue weighted by Crippen LogP contribution is -2.64. The molecular weight excluding hydrogens is 779 g/mol. The van der Waals surface area contributed by atoms with Crippen LogP contribution in [-0.4, -0.2) is 93.4 Å².